The average Bonchev–Trinajstić information content (AvgIpc) is 2.82. The van der Waals surface area contributed by atoms with Crippen LogP contribution in [0.15, 0.2) is 54.6 Å². The summed E-state index contributed by atoms with van der Waals surface area (Å²) in [4.78, 5) is 26.9. The summed E-state index contributed by atoms with van der Waals surface area (Å²) in [5.74, 6) is 1.38. The van der Waals surface area contributed by atoms with Gasteiger partial charge in [0, 0.05) is 48.9 Å². The highest BCUT2D eigenvalue weighted by atomic mass is 16.5. The second-order valence-corrected chi connectivity index (χ2v) is 8.15. The van der Waals surface area contributed by atoms with Crippen molar-refractivity contribution in [2.45, 2.75) is 19.8 Å². The monoisotopic (exact) mass is 432 g/mol. The van der Waals surface area contributed by atoms with Crippen LogP contribution in [0.1, 0.15) is 30.1 Å². The van der Waals surface area contributed by atoms with E-state index in [4.69, 9.17) is 9.47 Å². The maximum atomic E-state index is 13.3. The first kappa shape index (κ1) is 21.7. The summed E-state index contributed by atoms with van der Waals surface area (Å²) in [5.41, 5.74) is 2.51. The highest BCUT2D eigenvalue weighted by molar-refractivity contribution is 6.02. The molecule has 1 N–H and O–H groups in total. The Balaban J connectivity index is 1.52. The van der Waals surface area contributed by atoms with Crippen molar-refractivity contribution in [3.05, 3.63) is 60.2 Å². The van der Waals surface area contributed by atoms with Gasteiger partial charge in [0.1, 0.15) is 0 Å². The van der Waals surface area contributed by atoms with Crippen LogP contribution in [0.4, 0.5) is 11.4 Å². The van der Waals surface area contributed by atoms with E-state index < -0.39 is 0 Å². The molecule has 6 nitrogen and oxygen atoms in total. The Morgan fingerprint density at radius 3 is 2.44 bits per heavy atom. The molecule has 1 fully saturated rings. The lowest BCUT2D eigenvalue weighted by atomic mass is 9.89. The number of piperidine rings is 1. The topological polar surface area (TPSA) is 67.9 Å². The van der Waals surface area contributed by atoms with Gasteiger partial charge in [-0.3, -0.25) is 9.59 Å². The van der Waals surface area contributed by atoms with E-state index >= 15 is 0 Å². The van der Waals surface area contributed by atoms with Gasteiger partial charge in [-0.2, -0.15) is 0 Å². The molecule has 1 aliphatic rings. The highest BCUT2D eigenvalue weighted by Gasteiger charge is 2.27. The summed E-state index contributed by atoms with van der Waals surface area (Å²) in [6.45, 7) is 3.07. The van der Waals surface area contributed by atoms with Gasteiger partial charge < -0.3 is 19.7 Å². The van der Waals surface area contributed by atoms with Gasteiger partial charge in [0.2, 0.25) is 5.91 Å². The largest absolute Gasteiger partial charge is 0.493 e. The molecule has 0 spiro atoms. The minimum atomic E-state index is -0.104. The first-order chi connectivity index (χ1) is 15.5. The molecule has 6 heteroatoms. The van der Waals surface area contributed by atoms with E-state index in [1.54, 1.807) is 14.2 Å². The van der Waals surface area contributed by atoms with Crippen molar-refractivity contribution in [1.29, 1.82) is 0 Å². The third-order valence-electron chi connectivity index (χ3n) is 5.97. The van der Waals surface area contributed by atoms with Gasteiger partial charge in [-0.15, -0.1) is 0 Å². The number of Topliss-reactive ketones (excluding diaryl/α,β-unsaturated/α-hetero) is 1. The van der Waals surface area contributed by atoms with Gasteiger partial charge in [-0.1, -0.05) is 18.2 Å². The molecule has 1 aliphatic heterocycles. The van der Waals surface area contributed by atoms with Gasteiger partial charge in [0.05, 0.1) is 14.2 Å². The van der Waals surface area contributed by atoms with Crippen LogP contribution in [-0.4, -0.2) is 39.0 Å². The second-order valence-electron chi connectivity index (χ2n) is 8.15. The fourth-order valence-corrected chi connectivity index (χ4v) is 4.36. The molecule has 1 atom stereocenters. The molecule has 32 heavy (non-hydrogen) atoms. The smallest absolute Gasteiger partial charge is 0.221 e. The van der Waals surface area contributed by atoms with Crippen molar-refractivity contribution in [2.24, 2.45) is 5.92 Å². The third-order valence-corrected chi connectivity index (χ3v) is 5.97. The van der Waals surface area contributed by atoms with Crippen LogP contribution in [-0.2, 0) is 4.79 Å². The van der Waals surface area contributed by atoms with Gasteiger partial charge >= 0.3 is 0 Å². The van der Waals surface area contributed by atoms with Crippen LogP contribution < -0.4 is 19.7 Å². The molecule has 0 aliphatic carbocycles. The van der Waals surface area contributed by atoms with Crippen LogP contribution in [0.2, 0.25) is 0 Å². The zero-order valence-corrected chi connectivity index (χ0v) is 18.7. The zero-order valence-electron chi connectivity index (χ0n) is 18.7. The predicted octanol–water partition coefficient (Wildman–Crippen LogP) is 4.91. The summed E-state index contributed by atoms with van der Waals surface area (Å²) < 4.78 is 10.8. The van der Waals surface area contributed by atoms with E-state index in [2.05, 4.69) is 10.2 Å². The van der Waals surface area contributed by atoms with E-state index in [0.29, 0.717) is 18.0 Å². The Morgan fingerprint density at radius 2 is 1.69 bits per heavy atom. The molecule has 1 amide bonds. The number of anilines is 2. The Morgan fingerprint density at radius 1 is 0.938 bits per heavy atom. The number of amides is 1. The van der Waals surface area contributed by atoms with Crippen LogP contribution in [0.5, 0.6) is 11.5 Å². The molecule has 4 rings (SSSR count). The number of carbonyl (C=O) groups is 2. The maximum Gasteiger partial charge on any atom is 0.221 e. The van der Waals surface area contributed by atoms with E-state index in [0.717, 1.165) is 47.1 Å². The zero-order chi connectivity index (χ0) is 22.7. The van der Waals surface area contributed by atoms with Crippen molar-refractivity contribution in [2.75, 3.05) is 37.5 Å². The lowest BCUT2D eigenvalue weighted by Crippen LogP contribution is -2.38. The van der Waals surface area contributed by atoms with Gasteiger partial charge in [-0.25, -0.2) is 0 Å². The molecule has 0 radical (unpaired) electrons. The summed E-state index contributed by atoms with van der Waals surface area (Å²) >= 11 is 0. The molecule has 1 saturated heterocycles. The van der Waals surface area contributed by atoms with E-state index in [9.17, 15) is 9.59 Å². The number of nitrogens with zero attached hydrogens (tertiary/aromatic N) is 1. The number of hydrogen-bond acceptors (Lipinski definition) is 5. The minimum absolute atomic E-state index is 0.0621. The van der Waals surface area contributed by atoms with Crippen LogP contribution in [0, 0.1) is 5.92 Å². The lowest BCUT2D eigenvalue weighted by Gasteiger charge is -2.34. The Bertz CT molecular complexity index is 1160. The van der Waals surface area contributed by atoms with Gasteiger partial charge in [0.15, 0.2) is 17.3 Å². The second kappa shape index (κ2) is 9.30. The summed E-state index contributed by atoms with van der Waals surface area (Å²) in [6.07, 6.45) is 1.83. The molecule has 3 aromatic carbocycles. The van der Waals surface area contributed by atoms with Crippen LogP contribution >= 0.6 is 0 Å². The maximum absolute atomic E-state index is 13.3. The molecule has 1 unspecified atom stereocenters. The fraction of sp³-hybridized carbons (Fsp3) is 0.308. The number of nitrogens with one attached hydrogen (secondary N) is 1. The Hall–Kier alpha value is -3.54. The van der Waals surface area contributed by atoms with Gasteiger partial charge in [0.25, 0.3) is 0 Å². The average molecular weight is 433 g/mol. The van der Waals surface area contributed by atoms with Crippen LogP contribution in [0.3, 0.4) is 0 Å². The van der Waals surface area contributed by atoms with Crippen LogP contribution in [0.25, 0.3) is 10.8 Å². The number of hydrogen-bond donors (Lipinski definition) is 1. The Labute approximate surface area is 188 Å². The standard InChI is InChI=1S/C26H28N2O4/c1-17(29)27-22-9-8-18-13-20(7-6-19(18)14-22)26(30)21-5-4-12-28(16-21)23-10-11-24(31-2)25(15-23)32-3/h6-11,13-15,21H,4-5,12,16H2,1-3H3,(H,27,29). The summed E-state index contributed by atoms with van der Waals surface area (Å²) in [7, 11) is 3.25. The Kier molecular flexibility index (Phi) is 6.30. The summed E-state index contributed by atoms with van der Waals surface area (Å²) in [5, 5.41) is 4.77. The number of carbonyl (C=O) groups excluding carboxylic acids is 2. The van der Waals surface area contributed by atoms with E-state index in [1.165, 1.54) is 6.92 Å². The first-order valence-electron chi connectivity index (χ1n) is 10.8. The fourth-order valence-electron chi connectivity index (χ4n) is 4.36. The molecule has 166 valence electrons. The third kappa shape index (κ3) is 4.54. The van der Waals surface area contributed by atoms with Crippen molar-refractivity contribution in [1.82, 2.24) is 0 Å². The quantitative estimate of drug-likeness (QED) is 0.561. The van der Waals surface area contributed by atoms with E-state index in [1.807, 2.05) is 54.6 Å². The lowest BCUT2D eigenvalue weighted by molar-refractivity contribution is -0.114. The van der Waals surface area contributed by atoms with Crippen molar-refractivity contribution >= 4 is 33.8 Å². The molecule has 3 aromatic rings. The molecule has 1 heterocycles. The molecular weight excluding hydrogens is 404 g/mol. The highest BCUT2D eigenvalue weighted by Crippen LogP contribution is 2.34. The number of methoxy groups -OCH3 is 2. The SMILES string of the molecule is COc1ccc(N2CCCC(C(=O)c3ccc4cc(NC(C)=O)ccc4c3)C2)cc1OC. The van der Waals surface area contributed by atoms with Crippen molar-refractivity contribution in [3.8, 4) is 11.5 Å². The predicted molar refractivity (Wildman–Crippen MR) is 127 cm³/mol. The number of benzene rings is 3. The molecule has 0 saturated carbocycles. The summed E-state index contributed by atoms with van der Waals surface area (Å²) in [6, 6.07) is 17.4. The van der Waals surface area contributed by atoms with Crippen molar-refractivity contribution < 1.29 is 19.1 Å². The number of ketones is 1. The van der Waals surface area contributed by atoms with E-state index in [-0.39, 0.29) is 17.6 Å². The van der Waals surface area contributed by atoms with Gasteiger partial charge in [-0.05, 0) is 53.9 Å². The number of fused-ring (bicyclic) bond motifs is 1. The first-order valence-corrected chi connectivity index (χ1v) is 10.8. The minimum Gasteiger partial charge on any atom is -0.493 e. The molecule has 0 aromatic heterocycles. The molecular formula is C26H28N2O4. The van der Waals surface area contributed by atoms with Crippen molar-refractivity contribution in [3.63, 3.8) is 0 Å². The normalized spacial score (nSPS) is 16.0. The molecule has 0 bridgehead atoms. The number of ether oxygens (including phenoxy) is 2. The number of rotatable bonds is 6.